The first-order chi connectivity index (χ1) is 6.24. The molecule has 2 N–H and O–H groups in total. The van der Waals surface area contributed by atoms with Crippen LogP contribution in [0.5, 0.6) is 5.75 Å². The molecular formula is C10H9NO2. The Morgan fingerprint density at radius 2 is 2.23 bits per heavy atom. The minimum atomic E-state index is -0.483. The van der Waals surface area contributed by atoms with Crippen LogP contribution in [0.4, 0.5) is 0 Å². The van der Waals surface area contributed by atoms with Crippen LogP contribution in [0.3, 0.4) is 0 Å². The maximum absolute atomic E-state index is 10.7. The summed E-state index contributed by atoms with van der Waals surface area (Å²) in [6.07, 6.45) is 4.85. The zero-order chi connectivity index (χ0) is 9.68. The van der Waals surface area contributed by atoms with Crippen LogP contribution in [0.2, 0.25) is 0 Å². The predicted molar refractivity (Wildman–Crippen MR) is 48.8 cm³/mol. The Morgan fingerprint density at radius 3 is 2.85 bits per heavy atom. The van der Waals surface area contributed by atoms with Crippen LogP contribution < -0.4 is 5.32 Å². The third-order valence-electron chi connectivity index (χ3n) is 1.56. The number of amides is 1. The molecule has 1 amide bonds. The normalized spacial score (nSPS) is 8.85. The van der Waals surface area contributed by atoms with E-state index in [2.05, 4.69) is 5.32 Å². The van der Waals surface area contributed by atoms with Gasteiger partial charge in [-0.1, -0.05) is 18.2 Å². The molecule has 0 aromatic heterocycles. The van der Waals surface area contributed by atoms with Gasteiger partial charge in [0.1, 0.15) is 5.75 Å². The fourth-order valence-electron chi connectivity index (χ4n) is 0.887. The summed E-state index contributed by atoms with van der Waals surface area (Å²) in [5.41, 5.74) is 0.645. The number of phenolic OH excluding ortho intramolecular Hbond substituents is 1. The quantitative estimate of drug-likeness (QED) is 0.648. The van der Waals surface area contributed by atoms with Crippen molar-refractivity contribution in [1.29, 1.82) is 0 Å². The predicted octanol–water partition coefficient (Wildman–Crippen LogP) is 0.642. The van der Waals surface area contributed by atoms with Crippen molar-refractivity contribution in [3.63, 3.8) is 0 Å². The van der Waals surface area contributed by atoms with E-state index in [4.69, 9.17) is 6.42 Å². The number of benzene rings is 1. The van der Waals surface area contributed by atoms with Crippen LogP contribution in [0, 0.1) is 12.3 Å². The third-order valence-corrected chi connectivity index (χ3v) is 1.56. The van der Waals surface area contributed by atoms with Gasteiger partial charge in [0.2, 0.25) is 0 Å². The zero-order valence-electron chi connectivity index (χ0n) is 6.95. The molecule has 0 aliphatic heterocycles. The molecule has 1 aromatic rings. The molecule has 0 atom stereocenters. The number of para-hydroxylation sites is 1. The van der Waals surface area contributed by atoms with Gasteiger partial charge < -0.3 is 10.4 Å². The van der Waals surface area contributed by atoms with E-state index in [-0.39, 0.29) is 12.3 Å². The summed E-state index contributed by atoms with van der Waals surface area (Å²) in [6.45, 7) is 0.246. The molecule has 0 saturated carbocycles. The van der Waals surface area contributed by atoms with E-state index in [0.29, 0.717) is 5.56 Å². The highest BCUT2D eigenvalue weighted by Crippen LogP contribution is 2.14. The Labute approximate surface area is 76.4 Å². The van der Waals surface area contributed by atoms with Crippen LogP contribution in [0.25, 0.3) is 0 Å². The molecule has 0 bridgehead atoms. The van der Waals surface area contributed by atoms with Crippen LogP contribution in [0.15, 0.2) is 24.3 Å². The van der Waals surface area contributed by atoms with E-state index in [1.807, 2.05) is 5.92 Å². The first-order valence-electron chi connectivity index (χ1n) is 3.75. The lowest BCUT2D eigenvalue weighted by atomic mass is 10.2. The van der Waals surface area contributed by atoms with Gasteiger partial charge in [-0.3, -0.25) is 4.79 Å². The minimum Gasteiger partial charge on any atom is -0.508 e. The number of hydrogen-bond donors (Lipinski definition) is 2. The summed E-state index contributed by atoms with van der Waals surface area (Å²) in [4.78, 5) is 10.7. The molecule has 66 valence electrons. The molecule has 0 aliphatic carbocycles. The van der Waals surface area contributed by atoms with Gasteiger partial charge in [0.15, 0.2) is 0 Å². The minimum absolute atomic E-state index is 0.153. The van der Waals surface area contributed by atoms with E-state index in [1.54, 1.807) is 24.3 Å². The van der Waals surface area contributed by atoms with E-state index in [1.165, 1.54) is 0 Å². The lowest BCUT2D eigenvalue weighted by Crippen LogP contribution is -2.20. The van der Waals surface area contributed by atoms with Crippen molar-refractivity contribution >= 4 is 5.91 Å². The average molecular weight is 175 g/mol. The highest BCUT2D eigenvalue weighted by Gasteiger charge is 2.00. The summed E-state index contributed by atoms with van der Waals surface area (Å²) >= 11 is 0. The fraction of sp³-hybridized carbons (Fsp3) is 0.100. The van der Waals surface area contributed by atoms with E-state index >= 15 is 0 Å². The Morgan fingerprint density at radius 1 is 1.54 bits per heavy atom. The second-order valence-electron chi connectivity index (χ2n) is 2.46. The van der Waals surface area contributed by atoms with Crippen LogP contribution in [-0.2, 0) is 11.3 Å². The van der Waals surface area contributed by atoms with Crippen molar-refractivity contribution in [1.82, 2.24) is 5.32 Å². The van der Waals surface area contributed by atoms with Crippen LogP contribution in [-0.4, -0.2) is 11.0 Å². The molecule has 0 aliphatic rings. The number of carbonyl (C=O) groups is 1. The van der Waals surface area contributed by atoms with Gasteiger partial charge in [0.25, 0.3) is 5.91 Å². The van der Waals surface area contributed by atoms with Gasteiger partial charge in [0, 0.05) is 12.1 Å². The van der Waals surface area contributed by atoms with Crippen molar-refractivity contribution in [3.05, 3.63) is 29.8 Å². The lowest BCUT2D eigenvalue weighted by molar-refractivity contribution is -0.115. The smallest absolute Gasteiger partial charge is 0.295 e. The van der Waals surface area contributed by atoms with Crippen LogP contribution in [0.1, 0.15) is 5.56 Å². The molecule has 0 unspecified atom stereocenters. The Bertz CT molecular complexity index is 352. The Kier molecular flexibility index (Phi) is 2.93. The zero-order valence-corrected chi connectivity index (χ0v) is 6.95. The number of hydrogen-bond acceptors (Lipinski definition) is 2. The summed E-state index contributed by atoms with van der Waals surface area (Å²) in [5, 5.41) is 11.7. The SMILES string of the molecule is C#CC(=O)NCc1ccccc1O. The number of aromatic hydroxyl groups is 1. The Balaban J connectivity index is 2.61. The molecule has 0 spiro atoms. The maximum atomic E-state index is 10.7. The third kappa shape index (κ3) is 2.53. The monoisotopic (exact) mass is 175 g/mol. The average Bonchev–Trinajstić information content (AvgIpc) is 2.16. The molecular weight excluding hydrogens is 166 g/mol. The van der Waals surface area contributed by atoms with Crippen molar-refractivity contribution in [2.75, 3.05) is 0 Å². The highest BCUT2D eigenvalue weighted by molar-refractivity contribution is 5.92. The summed E-state index contributed by atoms with van der Waals surface area (Å²) in [5.74, 6) is 1.59. The second kappa shape index (κ2) is 4.17. The summed E-state index contributed by atoms with van der Waals surface area (Å²) in [7, 11) is 0. The largest absolute Gasteiger partial charge is 0.508 e. The van der Waals surface area contributed by atoms with Gasteiger partial charge in [0.05, 0.1) is 0 Å². The fourth-order valence-corrected chi connectivity index (χ4v) is 0.887. The molecule has 0 radical (unpaired) electrons. The van der Waals surface area contributed by atoms with Gasteiger partial charge in [-0.2, -0.15) is 0 Å². The Hall–Kier alpha value is -1.95. The van der Waals surface area contributed by atoms with Crippen molar-refractivity contribution in [3.8, 4) is 18.1 Å². The molecule has 1 aromatic carbocycles. The molecule has 0 heterocycles. The number of carbonyl (C=O) groups excluding carboxylic acids is 1. The standard InChI is InChI=1S/C10H9NO2/c1-2-10(13)11-7-8-5-3-4-6-9(8)12/h1,3-6,12H,7H2,(H,11,13). The van der Waals surface area contributed by atoms with Crippen molar-refractivity contribution < 1.29 is 9.90 Å². The molecule has 3 heteroatoms. The summed E-state index contributed by atoms with van der Waals surface area (Å²) < 4.78 is 0. The van der Waals surface area contributed by atoms with Gasteiger partial charge in [-0.25, -0.2) is 0 Å². The highest BCUT2D eigenvalue weighted by atomic mass is 16.3. The first-order valence-corrected chi connectivity index (χ1v) is 3.75. The molecule has 0 fully saturated rings. The topological polar surface area (TPSA) is 49.3 Å². The number of terminal acetylenes is 1. The van der Waals surface area contributed by atoms with Crippen molar-refractivity contribution in [2.24, 2.45) is 0 Å². The second-order valence-corrected chi connectivity index (χ2v) is 2.46. The van der Waals surface area contributed by atoms with Gasteiger partial charge in [-0.05, 0) is 12.0 Å². The van der Waals surface area contributed by atoms with Crippen LogP contribution >= 0.6 is 0 Å². The number of rotatable bonds is 2. The number of nitrogens with one attached hydrogen (secondary N) is 1. The molecule has 1 rings (SSSR count). The summed E-state index contributed by atoms with van der Waals surface area (Å²) in [6, 6.07) is 6.75. The van der Waals surface area contributed by atoms with Gasteiger partial charge in [-0.15, -0.1) is 6.42 Å². The first kappa shape index (κ1) is 9.14. The maximum Gasteiger partial charge on any atom is 0.295 e. The molecule has 3 nitrogen and oxygen atoms in total. The van der Waals surface area contributed by atoms with Gasteiger partial charge >= 0.3 is 0 Å². The molecule has 0 saturated heterocycles. The lowest BCUT2D eigenvalue weighted by Gasteiger charge is -2.03. The van der Waals surface area contributed by atoms with E-state index < -0.39 is 5.91 Å². The van der Waals surface area contributed by atoms with E-state index in [9.17, 15) is 9.90 Å². The molecule has 13 heavy (non-hydrogen) atoms. The number of phenols is 1. The van der Waals surface area contributed by atoms with Crippen molar-refractivity contribution in [2.45, 2.75) is 6.54 Å². The van der Waals surface area contributed by atoms with E-state index in [0.717, 1.165) is 0 Å².